The molecule has 2 atom stereocenters. The molecular formula is C19H37NO. The quantitative estimate of drug-likeness (QED) is 0.461. The number of hydrogen-bond donors (Lipinski definition) is 1. The molecule has 1 rings (SSSR count). The number of nitrogens with one attached hydrogen (secondary N) is 1. The second-order valence-electron chi connectivity index (χ2n) is 7.00. The second kappa shape index (κ2) is 12.2. The highest BCUT2D eigenvalue weighted by Gasteiger charge is 2.22. The summed E-state index contributed by atoms with van der Waals surface area (Å²) in [6.45, 7) is 3.98. The topological polar surface area (TPSA) is 29.1 Å². The van der Waals surface area contributed by atoms with E-state index < -0.39 is 0 Å². The van der Waals surface area contributed by atoms with Crippen molar-refractivity contribution in [1.82, 2.24) is 5.32 Å². The van der Waals surface area contributed by atoms with Crippen molar-refractivity contribution in [2.24, 2.45) is 0 Å². The van der Waals surface area contributed by atoms with Gasteiger partial charge in [0.05, 0.1) is 0 Å². The van der Waals surface area contributed by atoms with Gasteiger partial charge in [-0.25, -0.2) is 0 Å². The Morgan fingerprint density at radius 1 is 0.857 bits per heavy atom. The number of ketones is 1. The van der Waals surface area contributed by atoms with E-state index in [-0.39, 0.29) is 0 Å². The lowest BCUT2D eigenvalue weighted by Gasteiger charge is -2.14. The Morgan fingerprint density at radius 3 is 1.95 bits per heavy atom. The SMILES string of the molecule is CCCCCC[C@H]1CC[C@H](CCCCCCCC(C)=O)N1. The van der Waals surface area contributed by atoms with Crippen LogP contribution in [0.15, 0.2) is 0 Å². The summed E-state index contributed by atoms with van der Waals surface area (Å²) in [5.41, 5.74) is 0. The van der Waals surface area contributed by atoms with Gasteiger partial charge in [0.25, 0.3) is 0 Å². The fraction of sp³-hybridized carbons (Fsp3) is 0.947. The van der Waals surface area contributed by atoms with E-state index in [2.05, 4.69) is 12.2 Å². The van der Waals surface area contributed by atoms with E-state index in [9.17, 15) is 4.79 Å². The van der Waals surface area contributed by atoms with E-state index >= 15 is 0 Å². The van der Waals surface area contributed by atoms with Crippen molar-refractivity contribution in [2.45, 2.75) is 116 Å². The Labute approximate surface area is 132 Å². The number of hydrogen-bond acceptors (Lipinski definition) is 2. The highest BCUT2D eigenvalue weighted by Crippen LogP contribution is 2.21. The van der Waals surface area contributed by atoms with E-state index in [0.29, 0.717) is 5.78 Å². The maximum Gasteiger partial charge on any atom is 0.129 e. The highest BCUT2D eigenvalue weighted by molar-refractivity contribution is 5.75. The molecule has 1 aliphatic rings. The largest absolute Gasteiger partial charge is 0.311 e. The van der Waals surface area contributed by atoms with Gasteiger partial charge in [-0.05, 0) is 39.0 Å². The van der Waals surface area contributed by atoms with Gasteiger partial charge in [-0.3, -0.25) is 0 Å². The highest BCUT2D eigenvalue weighted by atomic mass is 16.1. The summed E-state index contributed by atoms with van der Waals surface area (Å²) in [6.07, 6.45) is 18.2. The molecule has 1 fully saturated rings. The van der Waals surface area contributed by atoms with Gasteiger partial charge in [-0.2, -0.15) is 0 Å². The van der Waals surface area contributed by atoms with Crippen LogP contribution in [-0.2, 0) is 4.79 Å². The number of unbranched alkanes of at least 4 members (excludes halogenated alkanes) is 7. The molecular weight excluding hydrogens is 258 g/mol. The standard InChI is InChI=1S/C19H37NO/c1-3-4-5-10-13-18-15-16-19(20-18)14-11-8-6-7-9-12-17(2)21/h18-20H,3-16H2,1-2H3/t18-,19-/m0/s1. The summed E-state index contributed by atoms with van der Waals surface area (Å²) in [4.78, 5) is 10.8. The third-order valence-corrected chi connectivity index (χ3v) is 4.82. The normalized spacial score (nSPS) is 21.8. The predicted octanol–water partition coefficient (Wildman–Crippen LogP) is 5.40. The van der Waals surface area contributed by atoms with Crippen LogP contribution in [0, 0.1) is 0 Å². The Balaban J connectivity index is 1.89. The summed E-state index contributed by atoms with van der Waals surface area (Å²) in [7, 11) is 0. The van der Waals surface area contributed by atoms with Gasteiger partial charge in [-0.15, -0.1) is 0 Å². The first-order valence-corrected chi connectivity index (χ1v) is 9.48. The van der Waals surface area contributed by atoms with Gasteiger partial charge in [0.15, 0.2) is 0 Å². The van der Waals surface area contributed by atoms with Crippen LogP contribution in [0.25, 0.3) is 0 Å². The average Bonchev–Trinajstić information content (AvgIpc) is 2.90. The molecule has 124 valence electrons. The molecule has 2 heteroatoms. The molecule has 0 aromatic carbocycles. The lowest BCUT2D eigenvalue weighted by atomic mass is 10.0. The van der Waals surface area contributed by atoms with Gasteiger partial charge in [-0.1, -0.05) is 58.3 Å². The van der Waals surface area contributed by atoms with Crippen molar-refractivity contribution in [3.63, 3.8) is 0 Å². The summed E-state index contributed by atoms with van der Waals surface area (Å²) in [6, 6.07) is 1.60. The monoisotopic (exact) mass is 295 g/mol. The molecule has 1 N–H and O–H groups in total. The summed E-state index contributed by atoms with van der Waals surface area (Å²) < 4.78 is 0. The zero-order valence-corrected chi connectivity index (χ0v) is 14.5. The first-order valence-electron chi connectivity index (χ1n) is 9.48. The molecule has 0 unspecified atom stereocenters. The maximum absolute atomic E-state index is 10.8. The van der Waals surface area contributed by atoms with E-state index in [1.54, 1.807) is 6.92 Å². The van der Waals surface area contributed by atoms with Gasteiger partial charge in [0.2, 0.25) is 0 Å². The lowest BCUT2D eigenvalue weighted by molar-refractivity contribution is -0.117. The molecule has 0 aromatic rings. The van der Waals surface area contributed by atoms with Crippen LogP contribution in [0.2, 0.25) is 0 Å². The summed E-state index contributed by atoms with van der Waals surface area (Å²) >= 11 is 0. The van der Waals surface area contributed by atoms with Crippen LogP contribution in [0.5, 0.6) is 0 Å². The molecule has 1 heterocycles. The minimum atomic E-state index is 0.343. The van der Waals surface area contributed by atoms with Crippen LogP contribution in [0.1, 0.15) is 104 Å². The van der Waals surface area contributed by atoms with Crippen LogP contribution in [0.4, 0.5) is 0 Å². The van der Waals surface area contributed by atoms with Crippen molar-refractivity contribution in [2.75, 3.05) is 0 Å². The zero-order valence-electron chi connectivity index (χ0n) is 14.5. The molecule has 21 heavy (non-hydrogen) atoms. The Bertz CT molecular complexity index is 264. The van der Waals surface area contributed by atoms with E-state index in [1.165, 1.54) is 77.0 Å². The first kappa shape index (κ1) is 18.7. The van der Waals surface area contributed by atoms with E-state index in [1.807, 2.05) is 0 Å². The third kappa shape index (κ3) is 10.1. The van der Waals surface area contributed by atoms with Crippen LogP contribution < -0.4 is 5.32 Å². The fourth-order valence-corrected chi connectivity index (χ4v) is 3.47. The average molecular weight is 296 g/mol. The van der Waals surface area contributed by atoms with Crippen molar-refractivity contribution in [3.8, 4) is 0 Å². The van der Waals surface area contributed by atoms with Crippen molar-refractivity contribution in [1.29, 1.82) is 0 Å². The first-order chi connectivity index (χ1) is 10.2. The smallest absolute Gasteiger partial charge is 0.129 e. The third-order valence-electron chi connectivity index (χ3n) is 4.82. The molecule has 1 aliphatic heterocycles. The fourth-order valence-electron chi connectivity index (χ4n) is 3.47. The number of Topliss-reactive ketones (excluding diaryl/α,β-unsaturated/α-hetero) is 1. The minimum Gasteiger partial charge on any atom is -0.311 e. The Kier molecular flexibility index (Phi) is 10.9. The van der Waals surface area contributed by atoms with E-state index in [0.717, 1.165) is 24.9 Å². The predicted molar refractivity (Wildman–Crippen MR) is 91.7 cm³/mol. The lowest BCUT2D eigenvalue weighted by Crippen LogP contribution is -2.29. The second-order valence-corrected chi connectivity index (χ2v) is 7.00. The Morgan fingerprint density at radius 2 is 1.38 bits per heavy atom. The van der Waals surface area contributed by atoms with Gasteiger partial charge < -0.3 is 10.1 Å². The molecule has 0 aliphatic carbocycles. The number of rotatable bonds is 13. The van der Waals surface area contributed by atoms with Gasteiger partial charge >= 0.3 is 0 Å². The number of carbonyl (C=O) groups excluding carboxylic acids is 1. The zero-order chi connectivity index (χ0) is 15.3. The van der Waals surface area contributed by atoms with Crippen LogP contribution >= 0.6 is 0 Å². The molecule has 0 amide bonds. The van der Waals surface area contributed by atoms with E-state index in [4.69, 9.17) is 0 Å². The van der Waals surface area contributed by atoms with Crippen molar-refractivity contribution < 1.29 is 4.79 Å². The van der Waals surface area contributed by atoms with Gasteiger partial charge in [0.1, 0.15) is 5.78 Å². The van der Waals surface area contributed by atoms with Crippen molar-refractivity contribution in [3.05, 3.63) is 0 Å². The number of carbonyl (C=O) groups is 1. The summed E-state index contributed by atoms with van der Waals surface area (Å²) in [5.74, 6) is 0.343. The summed E-state index contributed by atoms with van der Waals surface area (Å²) in [5, 5.41) is 3.84. The Hall–Kier alpha value is -0.370. The molecule has 2 nitrogen and oxygen atoms in total. The molecule has 0 aromatic heterocycles. The minimum absolute atomic E-state index is 0.343. The van der Waals surface area contributed by atoms with Gasteiger partial charge in [0, 0.05) is 18.5 Å². The molecule has 0 bridgehead atoms. The molecule has 0 saturated carbocycles. The maximum atomic E-state index is 10.8. The molecule has 0 radical (unpaired) electrons. The van der Waals surface area contributed by atoms with Crippen LogP contribution in [-0.4, -0.2) is 17.9 Å². The van der Waals surface area contributed by atoms with Crippen LogP contribution in [0.3, 0.4) is 0 Å². The molecule has 0 spiro atoms. The van der Waals surface area contributed by atoms with Crippen molar-refractivity contribution >= 4 is 5.78 Å². The molecule has 1 saturated heterocycles.